The standard InChI is InChI=1S/C12H18O3P2.2Na/c13-17(14,15)12-8-6-11(7-9-12)16-10-4-2-1-3-5-10;;/h1-5,11-12,16H,6-9H2,(H2,13,14,15);;/q;2*+1/p-2. The smallest absolute Gasteiger partial charge is 0.811 e. The number of benzene rings is 1. The molecule has 1 saturated carbocycles. The van der Waals surface area contributed by atoms with Crippen LogP contribution in [0.4, 0.5) is 0 Å². The summed E-state index contributed by atoms with van der Waals surface area (Å²) < 4.78 is 10.9. The Morgan fingerprint density at radius 1 is 1.00 bits per heavy atom. The van der Waals surface area contributed by atoms with Crippen LogP contribution in [0.15, 0.2) is 30.3 Å². The topological polar surface area (TPSA) is 63.2 Å². The summed E-state index contributed by atoms with van der Waals surface area (Å²) in [5.41, 5.74) is -0.0560. The monoisotopic (exact) mass is 316 g/mol. The van der Waals surface area contributed by atoms with Crippen molar-refractivity contribution < 1.29 is 73.5 Å². The third-order valence-corrected chi connectivity index (χ3v) is 6.35. The Labute approximate surface area is 160 Å². The fourth-order valence-electron chi connectivity index (χ4n) is 2.31. The van der Waals surface area contributed by atoms with E-state index in [1.54, 1.807) is 0 Å². The van der Waals surface area contributed by atoms with E-state index in [4.69, 9.17) is 0 Å². The zero-order valence-electron chi connectivity index (χ0n) is 11.5. The summed E-state index contributed by atoms with van der Waals surface area (Å²) in [7, 11) is -3.61. The molecule has 1 unspecified atom stereocenters. The quantitative estimate of drug-likeness (QED) is 0.415. The molecule has 2 rings (SSSR count). The summed E-state index contributed by atoms with van der Waals surface area (Å²) in [5.74, 6) is 0. The van der Waals surface area contributed by atoms with Crippen LogP contribution in [0.25, 0.3) is 0 Å². The third-order valence-electron chi connectivity index (χ3n) is 3.29. The molecule has 19 heavy (non-hydrogen) atoms. The molecule has 0 aliphatic heterocycles. The minimum absolute atomic E-state index is 0. The molecule has 0 N–H and O–H groups in total. The van der Waals surface area contributed by atoms with Crippen molar-refractivity contribution in [1.82, 2.24) is 0 Å². The normalized spacial score (nSPS) is 23.7. The minimum atomic E-state index is -4.35. The summed E-state index contributed by atoms with van der Waals surface area (Å²) in [6, 6.07) is 10.3. The van der Waals surface area contributed by atoms with Crippen LogP contribution in [-0.2, 0) is 4.57 Å². The molecule has 1 aliphatic rings. The Morgan fingerprint density at radius 3 is 2.00 bits per heavy atom. The zero-order chi connectivity index (χ0) is 12.3. The van der Waals surface area contributed by atoms with Crippen molar-refractivity contribution in [2.24, 2.45) is 0 Å². The summed E-state index contributed by atoms with van der Waals surface area (Å²) in [5, 5.41) is 1.32. The molecule has 1 fully saturated rings. The average molecular weight is 316 g/mol. The maximum absolute atomic E-state index is 10.9. The van der Waals surface area contributed by atoms with E-state index in [9.17, 15) is 14.4 Å². The van der Waals surface area contributed by atoms with Crippen LogP contribution >= 0.6 is 16.2 Å². The van der Waals surface area contributed by atoms with Gasteiger partial charge >= 0.3 is 59.1 Å². The molecule has 3 nitrogen and oxygen atoms in total. The zero-order valence-corrected chi connectivity index (χ0v) is 17.4. The van der Waals surface area contributed by atoms with Gasteiger partial charge in [-0.25, -0.2) is 0 Å². The first-order chi connectivity index (χ1) is 8.05. The Morgan fingerprint density at radius 2 is 1.53 bits per heavy atom. The molecule has 0 saturated heterocycles. The maximum Gasteiger partial charge on any atom is 1.00 e. The number of hydrogen-bond donors (Lipinski definition) is 0. The molecule has 0 aromatic heterocycles. The Bertz CT molecular complexity index is 403. The van der Waals surface area contributed by atoms with E-state index in [0.29, 0.717) is 18.5 Å². The van der Waals surface area contributed by atoms with Gasteiger partial charge in [0.2, 0.25) is 0 Å². The van der Waals surface area contributed by atoms with Crippen LogP contribution < -0.4 is 74.2 Å². The second-order valence-electron chi connectivity index (χ2n) is 4.56. The van der Waals surface area contributed by atoms with E-state index in [1.165, 1.54) is 5.30 Å². The molecular weight excluding hydrogens is 300 g/mol. The molecule has 1 atom stereocenters. The van der Waals surface area contributed by atoms with Crippen LogP contribution in [0.1, 0.15) is 25.7 Å². The SMILES string of the molecule is O=P([O-])([O-])C1CCC(Pc2ccccc2)CC1.[Na+].[Na+]. The van der Waals surface area contributed by atoms with Crippen molar-refractivity contribution in [3.63, 3.8) is 0 Å². The molecule has 0 spiro atoms. The van der Waals surface area contributed by atoms with E-state index in [0.717, 1.165) is 21.4 Å². The van der Waals surface area contributed by atoms with Crippen molar-refractivity contribution in [3.8, 4) is 0 Å². The van der Waals surface area contributed by atoms with Gasteiger partial charge in [-0.15, -0.1) is 0 Å². The summed E-state index contributed by atoms with van der Waals surface area (Å²) in [6.45, 7) is 0. The van der Waals surface area contributed by atoms with Gasteiger partial charge in [-0.1, -0.05) is 46.5 Å². The van der Waals surface area contributed by atoms with Crippen LogP contribution in [0, 0.1) is 0 Å². The van der Waals surface area contributed by atoms with Gasteiger partial charge in [0.05, 0.1) is 0 Å². The van der Waals surface area contributed by atoms with E-state index >= 15 is 0 Å². The second-order valence-corrected chi connectivity index (χ2v) is 8.05. The van der Waals surface area contributed by atoms with Gasteiger partial charge in [-0.05, 0) is 42.3 Å². The molecule has 0 radical (unpaired) electrons. The summed E-state index contributed by atoms with van der Waals surface area (Å²) >= 11 is 0. The average Bonchev–Trinajstić information content (AvgIpc) is 2.30. The van der Waals surface area contributed by atoms with E-state index in [2.05, 4.69) is 12.1 Å². The van der Waals surface area contributed by atoms with E-state index in [-0.39, 0.29) is 59.1 Å². The molecular formula is C12H16Na2O3P2. The fraction of sp³-hybridized carbons (Fsp3) is 0.500. The Balaban J connectivity index is 0.00000162. The third kappa shape index (κ3) is 7.06. The van der Waals surface area contributed by atoms with E-state index in [1.807, 2.05) is 18.2 Å². The molecule has 1 aromatic rings. The first kappa shape index (κ1) is 20.8. The van der Waals surface area contributed by atoms with Crippen LogP contribution in [0.2, 0.25) is 0 Å². The van der Waals surface area contributed by atoms with Gasteiger partial charge in [-0.2, -0.15) is 0 Å². The van der Waals surface area contributed by atoms with Crippen molar-refractivity contribution in [1.29, 1.82) is 0 Å². The number of hydrogen-bond acceptors (Lipinski definition) is 3. The van der Waals surface area contributed by atoms with Gasteiger partial charge in [0.1, 0.15) is 0 Å². The first-order valence-electron chi connectivity index (χ1n) is 5.89. The van der Waals surface area contributed by atoms with Crippen molar-refractivity contribution in [2.75, 3.05) is 0 Å². The second kappa shape index (κ2) is 9.74. The molecule has 94 valence electrons. The van der Waals surface area contributed by atoms with Gasteiger partial charge in [-0.3, -0.25) is 0 Å². The van der Waals surface area contributed by atoms with Gasteiger partial charge in [0.15, 0.2) is 0 Å². The minimum Gasteiger partial charge on any atom is -0.811 e. The van der Waals surface area contributed by atoms with Gasteiger partial charge in [0.25, 0.3) is 0 Å². The molecule has 0 amide bonds. The largest absolute Gasteiger partial charge is 1.00 e. The van der Waals surface area contributed by atoms with E-state index < -0.39 is 13.3 Å². The summed E-state index contributed by atoms with van der Waals surface area (Å²) in [4.78, 5) is 21.9. The number of rotatable bonds is 3. The summed E-state index contributed by atoms with van der Waals surface area (Å²) in [6.07, 6.45) is 2.84. The predicted molar refractivity (Wildman–Crippen MR) is 68.0 cm³/mol. The predicted octanol–water partition coefficient (Wildman–Crippen LogP) is -4.78. The van der Waals surface area contributed by atoms with Gasteiger partial charge < -0.3 is 14.4 Å². The Hall–Kier alpha value is 1.80. The first-order valence-corrected chi connectivity index (χ1v) is 8.58. The van der Waals surface area contributed by atoms with Crippen molar-refractivity contribution in [2.45, 2.75) is 37.0 Å². The van der Waals surface area contributed by atoms with Crippen LogP contribution in [0.5, 0.6) is 0 Å². The fourth-order valence-corrected chi connectivity index (χ4v) is 4.72. The van der Waals surface area contributed by atoms with Crippen molar-refractivity contribution in [3.05, 3.63) is 30.3 Å². The molecule has 7 heteroatoms. The van der Waals surface area contributed by atoms with Crippen LogP contribution in [-0.4, -0.2) is 11.3 Å². The molecule has 0 heterocycles. The molecule has 1 aromatic carbocycles. The van der Waals surface area contributed by atoms with Crippen molar-refractivity contribution >= 4 is 21.5 Å². The molecule has 1 aliphatic carbocycles. The maximum atomic E-state index is 10.9. The molecule has 0 bridgehead atoms. The van der Waals surface area contributed by atoms with Gasteiger partial charge in [0, 0.05) is 0 Å². The van der Waals surface area contributed by atoms with Crippen LogP contribution in [0.3, 0.4) is 0 Å². The Kier molecular flexibility index (Phi) is 10.7.